The van der Waals surface area contributed by atoms with Crippen LogP contribution in [0.1, 0.15) is 33.1 Å². The van der Waals surface area contributed by atoms with Gasteiger partial charge in [-0.05, 0) is 18.8 Å². The maximum Gasteiger partial charge on any atom is 0.314 e. The van der Waals surface area contributed by atoms with Crippen LogP contribution in [0.5, 0.6) is 0 Å². The summed E-state index contributed by atoms with van der Waals surface area (Å²) in [6.45, 7) is 6.29. The summed E-state index contributed by atoms with van der Waals surface area (Å²) in [4.78, 5) is 21.4. The number of rotatable bonds is 10. The minimum atomic E-state index is -0.851. The number of nitrogens with one attached hydrogen (secondary N) is 2. The Kier molecular flexibility index (Phi) is 10.0. The van der Waals surface area contributed by atoms with Crippen molar-refractivity contribution >= 4 is 12.0 Å². The lowest BCUT2D eigenvalue weighted by atomic mass is 10.1. The van der Waals surface area contributed by atoms with Crippen molar-refractivity contribution in [1.29, 1.82) is 0 Å². The number of urea groups is 1. The van der Waals surface area contributed by atoms with Crippen LogP contribution in [0.3, 0.4) is 0 Å². The highest BCUT2D eigenvalue weighted by atomic mass is 16.5. The molecule has 0 aromatic rings. The number of carboxylic acids is 1. The number of hydrogen-bond donors (Lipinski definition) is 3. The van der Waals surface area contributed by atoms with Gasteiger partial charge in [-0.15, -0.1) is 0 Å². The second-order valence-corrected chi connectivity index (χ2v) is 4.47. The summed E-state index contributed by atoms with van der Waals surface area (Å²) in [5.74, 6) is -0.230. The van der Waals surface area contributed by atoms with E-state index in [1.165, 1.54) is 0 Å². The van der Waals surface area contributed by atoms with Gasteiger partial charge in [0.1, 0.15) is 0 Å². The Morgan fingerprint density at radius 3 is 2.44 bits per heavy atom. The molecule has 0 heterocycles. The van der Waals surface area contributed by atoms with E-state index in [1.54, 1.807) is 0 Å². The Bertz CT molecular complexity index is 244. The zero-order valence-electron chi connectivity index (χ0n) is 11.2. The van der Waals surface area contributed by atoms with Crippen LogP contribution in [0, 0.1) is 5.92 Å². The minimum Gasteiger partial charge on any atom is -0.481 e. The smallest absolute Gasteiger partial charge is 0.314 e. The SMILES string of the molecule is CC(C)CCOCCNC(=O)NCCCC(=O)O. The van der Waals surface area contributed by atoms with Crippen LogP contribution >= 0.6 is 0 Å². The van der Waals surface area contributed by atoms with Crippen LogP contribution < -0.4 is 10.6 Å². The lowest BCUT2D eigenvalue weighted by Gasteiger charge is -2.08. The second kappa shape index (κ2) is 10.8. The van der Waals surface area contributed by atoms with Crippen molar-refractivity contribution in [3.8, 4) is 0 Å². The number of hydrogen-bond acceptors (Lipinski definition) is 3. The first-order valence-corrected chi connectivity index (χ1v) is 6.33. The molecule has 0 bridgehead atoms. The Labute approximate surface area is 108 Å². The number of aliphatic carboxylic acids is 1. The Morgan fingerprint density at radius 2 is 1.83 bits per heavy atom. The van der Waals surface area contributed by atoms with E-state index in [0.717, 1.165) is 6.42 Å². The highest BCUT2D eigenvalue weighted by Gasteiger charge is 2.00. The fourth-order valence-corrected chi connectivity index (χ4v) is 1.16. The van der Waals surface area contributed by atoms with Gasteiger partial charge in [-0.3, -0.25) is 4.79 Å². The molecule has 0 aromatic carbocycles. The molecule has 0 atom stereocenters. The van der Waals surface area contributed by atoms with E-state index in [1.807, 2.05) is 0 Å². The fraction of sp³-hybridized carbons (Fsp3) is 0.833. The molecular weight excluding hydrogens is 236 g/mol. The van der Waals surface area contributed by atoms with Crippen molar-refractivity contribution < 1.29 is 19.4 Å². The number of amides is 2. The lowest BCUT2D eigenvalue weighted by Crippen LogP contribution is -2.37. The third kappa shape index (κ3) is 12.8. The van der Waals surface area contributed by atoms with Crippen LogP contribution in [-0.2, 0) is 9.53 Å². The van der Waals surface area contributed by atoms with Crippen molar-refractivity contribution in [2.75, 3.05) is 26.3 Å². The molecule has 6 heteroatoms. The third-order valence-corrected chi connectivity index (χ3v) is 2.22. The molecule has 0 fully saturated rings. The summed E-state index contributed by atoms with van der Waals surface area (Å²) >= 11 is 0. The predicted octanol–water partition coefficient (Wildman–Crippen LogP) is 1.21. The van der Waals surface area contributed by atoms with E-state index >= 15 is 0 Å². The molecule has 0 radical (unpaired) electrons. The summed E-state index contributed by atoms with van der Waals surface area (Å²) in [7, 11) is 0. The van der Waals surface area contributed by atoms with Crippen LogP contribution in [0.15, 0.2) is 0 Å². The van der Waals surface area contributed by atoms with E-state index in [2.05, 4.69) is 24.5 Å². The van der Waals surface area contributed by atoms with Gasteiger partial charge in [0.2, 0.25) is 0 Å². The van der Waals surface area contributed by atoms with Crippen molar-refractivity contribution in [2.24, 2.45) is 5.92 Å². The number of carboxylic acid groups (broad SMARTS) is 1. The molecule has 0 unspecified atom stereocenters. The molecule has 0 aliphatic heterocycles. The molecule has 0 aromatic heterocycles. The largest absolute Gasteiger partial charge is 0.481 e. The van der Waals surface area contributed by atoms with Crippen LogP contribution in [-0.4, -0.2) is 43.4 Å². The zero-order valence-corrected chi connectivity index (χ0v) is 11.2. The maximum absolute atomic E-state index is 11.2. The fourth-order valence-electron chi connectivity index (χ4n) is 1.16. The molecule has 6 nitrogen and oxygen atoms in total. The van der Waals surface area contributed by atoms with Gasteiger partial charge in [0.15, 0.2) is 0 Å². The molecule has 18 heavy (non-hydrogen) atoms. The minimum absolute atomic E-state index is 0.0680. The van der Waals surface area contributed by atoms with Gasteiger partial charge < -0.3 is 20.5 Å². The van der Waals surface area contributed by atoms with Crippen molar-refractivity contribution in [1.82, 2.24) is 10.6 Å². The van der Waals surface area contributed by atoms with Gasteiger partial charge in [0.05, 0.1) is 6.61 Å². The Morgan fingerprint density at radius 1 is 1.17 bits per heavy atom. The molecule has 0 spiro atoms. The molecule has 0 saturated carbocycles. The van der Waals surface area contributed by atoms with Gasteiger partial charge in [-0.25, -0.2) is 4.79 Å². The van der Waals surface area contributed by atoms with Crippen molar-refractivity contribution in [3.63, 3.8) is 0 Å². The summed E-state index contributed by atoms with van der Waals surface area (Å²) < 4.78 is 5.33. The number of carbonyl (C=O) groups is 2. The van der Waals surface area contributed by atoms with Gasteiger partial charge in [0.25, 0.3) is 0 Å². The second-order valence-electron chi connectivity index (χ2n) is 4.47. The Balaban J connectivity index is 3.24. The van der Waals surface area contributed by atoms with E-state index < -0.39 is 5.97 Å². The summed E-state index contributed by atoms with van der Waals surface area (Å²) in [5, 5.41) is 13.6. The first-order valence-electron chi connectivity index (χ1n) is 6.33. The average molecular weight is 260 g/mol. The molecular formula is C12H24N2O4. The van der Waals surface area contributed by atoms with Gasteiger partial charge >= 0.3 is 12.0 Å². The van der Waals surface area contributed by atoms with E-state index in [-0.39, 0.29) is 12.5 Å². The normalized spacial score (nSPS) is 10.4. The molecule has 3 N–H and O–H groups in total. The zero-order chi connectivity index (χ0) is 13.8. The van der Waals surface area contributed by atoms with Crippen LogP contribution in [0.25, 0.3) is 0 Å². The van der Waals surface area contributed by atoms with Gasteiger partial charge in [-0.2, -0.15) is 0 Å². The molecule has 0 aliphatic rings. The molecule has 2 amide bonds. The summed E-state index contributed by atoms with van der Waals surface area (Å²) in [6, 6.07) is -0.284. The molecule has 106 valence electrons. The van der Waals surface area contributed by atoms with Crippen molar-refractivity contribution in [3.05, 3.63) is 0 Å². The van der Waals surface area contributed by atoms with E-state index in [4.69, 9.17) is 9.84 Å². The average Bonchev–Trinajstić information content (AvgIpc) is 2.28. The number of ether oxygens (including phenoxy) is 1. The van der Waals surface area contributed by atoms with Gasteiger partial charge in [0, 0.05) is 26.1 Å². The molecule has 0 saturated heterocycles. The molecule has 0 aliphatic carbocycles. The maximum atomic E-state index is 11.2. The van der Waals surface area contributed by atoms with E-state index in [0.29, 0.717) is 38.6 Å². The predicted molar refractivity (Wildman–Crippen MR) is 68.5 cm³/mol. The first kappa shape index (κ1) is 16.7. The highest BCUT2D eigenvalue weighted by Crippen LogP contribution is 1.98. The Hall–Kier alpha value is -1.30. The van der Waals surface area contributed by atoms with Crippen molar-refractivity contribution in [2.45, 2.75) is 33.1 Å². The highest BCUT2D eigenvalue weighted by molar-refractivity contribution is 5.73. The van der Waals surface area contributed by atoms with Crippen LogP contribution in [0.4, 0.5) is 4.79 Å². The summed E-state index contributed by atoms with van der Waals surface area (Å²) in [6.07, 6.45) is 1.52. The van der Waals surface area contributed by atoms with Crippen LogP contribution in [0.2, 0.25) is 0 Å². The third-order valence-electron chi connectivity index (χ3n) is 2.22. The first-order chi connectivity index (χ1) is 8.52. The molecule has 0 rings (SSSR count). The van der Waals surface area contributed by atoms with E-state index in [9.17, 15) is 9.59 Å². The summed E-state index contributed by atoms with van der Waals surface area (Å²) in [5.41, 5.74) is 0. The number of carbonyl (C=O) groups excluding carboxylic acids is 1. The monoisotopic (exact) mass is 260 g/mol. The van der Waals surface area contributed by atoms with Gasteiger partial charge in [-0.1, -0.05) is 13.8 Å². The standard InChI is InChI=1S/C12H24N2O4/c1-10(2)5-8-18-9-7-14-12(17)13-6-3-4-11(15)16/h10H,3-9H2,1-2H3,(H,15,16)(H2,13,14,17). The lowest BCUT2D eigenvalue weighted by molar-refractivity contribution is -0.137. The topological polar surface area (TPSA) is 87.7 Å². The quantitative estimate of drug-likeness (QED) is 0.515.